The molecule has 0 amide bonds. The van der Waals surface area contributed by atoms with Gasteiger partial charge in [0, 0.05) is 28.1 Å². The van der Waals surface area contributed by atoms with E-state index in [1.165, 1.54) is 33.4 Å². The lowest BCUT2D eigenvalue weighted by Gasteiger charge is -2.12. The topological polar surface area (TPSA) is 38.9 Å². The maximum atomic E-state index is 6.39. The molecule has 0 N–H and O–H groups in total. The molecule has 0 aliphatic heterocycles. The van der Waals surface area contributed by atoms with Crippen molar-refractivity contribution in [1.82, 2.24) is 9.97 Å². The van der Waals surface area contributed by atoms with Crippen molar-refractivity contribution >= 4 is 22.1 Å². The second-order valence-corrected chi connectivity index (χ2v) is 9.34. The van der Waals surface area contributed by atoms with Gasteiger partial charge >= 0.3 is 0 Å². The standard InChI is InChI=1S/C32H26N2O/c1-19-17-29(33-18-22(19)4)27-12-8-11-25-26-13-14-28(34-32(26)35-31(25)27)30-20(2)15-24(16-21(30)3)23-9-6-5-7-10-23/h5-18H,1-4H3. The molecule has 0 atom stereocenters. The largest absolute Gasteiger partial charge is 0.437 e. The predicted molar refractivity (Wildman–Crippen MR) is 145 cm³/mol. The van der Waals surface area contributed by atoms with Crippen LogP contribution in [0.25, 0.3) is 55.7 Å². The van der Waals surface area contributed by atoms with Gasteiger partial charge in [-0.2, -0.15) is 0 Å². The summed E-state index contributed by atoms with van der Waals surface area (Å²) in [6.45, 7) is 8.50. The van der Waals surface area contributed by atoms with Crippen molar-refractivity contribution < 1.29 is 4.42 Å². The highest BCUT2D eigenvalue weighted by atomic mass is 16.3. The van der Waals surface area contributed by atoms with Crippen LogP contribution in [-0.4, -0.2) is 9.97 Å². The summed E-state index contributed by atoms with van der Waals surface area (Å²) in [6, 6.07) is 27.6. The Morgan fingerprint density at radius 2 is 1.37 bits per heavy atom. The summed E-state index contributed by atoms with van der Waals surface area (Å²) in [4.78, 5) is 9.66. The van der Waals surface area contributed by atoms with E-state index in [9.17, 15) is 0 Å². The molecule has 0 radical (unpaired) electrons. The molecule has 0 fully saturated rings. The zero-order valence-corrected chi connectivity index (χ0v) is 20.4. The highest BCUT2D eigenvalue weighted by Gasteiger charge is 2.17. The normalized spacial score (nSPS) is 11.4. The quantitative estimate of drug-likeness (QED) is 0.269. The smallest absolute Gasteiger partial charge is 0.227 e. The molecule has 0 spiro atoms. The van der Waals surface area contributed by atoms with Crippen LogP contribution >= 0.6 is 0 Å². The number of furan rings is 1. The van der Waals surface area contributed by atoms with E-state index in [4.69, 9.17) is 9.40 Å². The van der Waals surface area contributed by atoms with E-state index in [0.29, 0.717) is 5.71 Å². The Hall–Kier alpha value is -4.24. The number of pyridine rings is 2. The third-order valence-corrected chi connectivity index (χ3v) is 6.91. The van der Waals surface area contributed by atoms with Gasteiger partial charge in [-0.05, 0) is 85.3 Å². The van der Waals surface area contributed by atoms with Crippen LogP contribution in [0.2, 0.25) is 0 Å². The lowest BCUT2D eigenvalue weighted by atomic mass is 9.93. The number of benzene rings is 3. The second-order valence-electron chi connectivity index (χ2n) is 9.34. The lowest BCUT2D eigenvalue weighted by Crippen LogP contribution is -1.93. The van der Waals surface area contributed by atoms with Crippen molar-refractivity contribution in [2.75, 3.05) is 0 Å². The first-order chi connectivity index (χ1) is 17.0. The molecule has 0 saturated heterocycles. The van der Waals surface area contributed by atoms with Crippen molar-refractivity contribution in [3.63, 3.8) is 0 Å². The molecule has 3 nitrogen and oxygen atoms in total. The molecule has 35 heavy (non-hydrogen) atoms. The van der Waals surface area contributed by atoms with Gasteiger partial charge in [-0.1, -0.05) is 54.6 Å². The van der Waals surface area contributed by atoms with E-state index in [1.807, 2.05) is 12.3 Å². The molecular formula is C32H26N2O. The summed E-state index contributed by atoms with van der Waals surface area (Å²) >= 11 is 0. The fraction of sp³-hybridized carbons (Fsp3) is 0.125. The average Bonchev–Trinajstić information content (AvgIpc) is 3.24. The molecule has 3 aromatic carbocycles. The zero-order chi connectivity index (χ0) is 24.1. The van der Waals surface area contributed by atoms with Crippen LogP contribution in [0.3, 0.4) is 0 Å². The first kappa shape index (κ1) is 21.3. The van der Waals surface area contributed by atoms with E-state index < -0.39 is 0 Å². The fourth-order valence-electron chi connectivity index (χ4n) is 4.96. The van der Waals surface area contributed by atoms with Crippen molar-refractivity contribution in [2.45, 2.75) is 27.7 Å². The molecule has 0 aliphatic carbocycles. The maximum absolute atomic E-state index is 6.39. The first-order valence-electron chi connectivity index (χ1n) is 11.9. The number of hydrogen-bond donors (Lipinski definition) is 0. The van der Waals surface area contributed by atoms with Gasteiger partial charge in [-0.3, -0.25) is 4.98 Å². The fourth-order valence-corrected chi connectivity index (χ4v) is 4.96. The molecule has 6 rings (SSSR count). The summed E-state index contributed by atoms with van der Waals surface area (Å²) in [7, 11) is 0. The Morgan fingerprint density at radius 3 is 2.11 bits per heavy atom. The van der Waals surface area contributed by atoms with Crippen molar-refractivity contribution in [3.05, 3.63) is 107 Å². The minimum Gasteiger partial charge on any atom is -0.437 e. The van der Waals surface area contributed by atoms with Gasteiger partial charge in [-0.25, -0.2) is 4.98 Å². The predicted octanol–water partition coefficient (Wildman–Crippen LogP) is 8.61. The Bertz CT molecular complexity index is 1710. The third-order valence-electron chi connectivity index (χ3n) is 6.91. The summed E-state index contributed by atoms with van der Waals surface area (Å²) in [5.74, 6) is 0. The molecule has 0 aliphatic rings. The highest BCUT2D eigenvalue weighted by Crippen LogP contribution is 2.37. The van der Waals surface area contributed by atoms with Crippen LogP contribution in [0.15, 0.2) is 89.5 Å². The molecule has 3 aromatic heterocycles. The van der Waals surface area contributed by atoms with Crippen molar-refractivity contribution in [1.29, 1.82) is 0 Å². The van der Waals surface area contributed by atoms with E-state index in [2.05, 4.69) is 105 Å². The second kappa shape index (κ2) is 8.21. The minimum atomic E-state index is 0.653. The number of fused-ring (bicyclic) bond motifs is 3. The Labute approximate surface area is 205 Å². The number of hydrogen-bond acceptors (Lipinski definition) is 3. The lowest BCUT2D eigenvalue weighted by molar-refractivity contribution is 0.655. The molecule has 0 unspecified atom stereocenters. The van der Waals surface area contributed by atoms with Crippen LogP contribution in [0.1, 0.15) is 22.3 Å². The summed E-state index contributed by atoms with van der Waals surface area (Å²) in [6.07, 6.45) is 1.92. The van der Waals surface area contributed by atoms with Gasteiger partial charge < -0.3 is 4.42 Å². The maximum Gasteiger partial charge on any atom is 0.227 e. The molecule has 3 heteroatoms. The highest BCUT2D eigenvalue weighted by molar-refractivity contribution is 6.08. The van der Waals surface area contributed by atoms with Crippen molar-refractivity contribution in [2.24, 2.45) is 0 Å². The molecule has 6 aromatic rings. The van der Waals surface area contributed by atoms with Gasteiger partial charge in [0.1, 0.15) is 5.58 Å². The van der Waals surface area contributed by atoms with Gasteiger partial charge in [0.25, 0.3) is 0 Å². The molecule has 3 heterocycles. The van der Waals surface area contributed by atoms with Crippen LogP contribution in [0.5, 0.6) is 0 Å². The van der Waals surface area contributed by atoms with Crippen LogP contribution < -0.4 is 0 Å². The number of nitrogens with zero attached hydrogens (tertiary/aromatic N) is 2. The van der Waals surface area contributed by atoms with Gasteiger partial charge in [-0.15, -0.1) is 0 Å². The Kier molecular flexibility index (Phi) is 5.00. The number of rotatable bonds is 3. The van der Waals surface area contributed by atoms with E-state index in [1.54, 1.807) is 0 Å². The van der Waals surface area contributed by atoms with E-state index in [-0.39, 0.29) is 0 Å². The number of aromatic nitrogens is 2. The van der Waals surface area contributed by atoms with Gasteiger partial charge in [0.2, 0.25) is 5.71 Å². The van der Waals surface area contributed by atoms with Crippen LogP contribution in [0.4, 0.5) is 0 Å². The Balaban J connectivity index is 1.49. The average molecular weight is 455 g/mol. The summed E-state index contributed by atoms with van der Waals surface area (Å²) < 4.78 is 6.39. The number of aryl methyl sites for hydroxylation is 4. The number of para-hydroxylation sites is 1. The summed E-state index contributed by atoms with van der Waals surface area (Å²) in [5, 5.41) is 2.08. The molecule has 0 saturated carbocycles. The van der Waals surface area contributed by atoms with E-state index in [0.717, 1.165) is 38.9 Å². The zero-order valence-electron chi connectivity index (χ0n) is 20.4. The minimum absolute atomic E-state index is 0.653. The SMILES string of the molecule is Cc1cnc(-c2cccc3c2oc2nc(-c4c(C)cc(-c5ccccc5)cc4C)ccc23)cc1C. The molecule has 170 valence electrons. The summed E-state index contributed by atoms with van der Waals surface area (Å²) in [5.41, 5.74) is 12.7. The first-order valence-corrected chi connectivity index (χ1v) is 11.9. The van der Waals surface area contributed by atoms with Crippen LogP contribution in [0, 0.1) is 27.7 Å². The van der Waals surface area contributed by atoms with Gasteiger partial charge in [0.15, 0.2) is 0 Å². The third kappa shape index (κ3) is 3.60. The molecule has 0 bridgehead atoms. The van der Waals surface area contributed by atoms with Crippen molar-refractivity contribution in [3.8, 4) is 33.6 Å². The van der Waals surface area contributed by atoms with Crippen LogP contribution in [-0.2, 0) is 0 Å². The van der Waals surface area contributed by atoms with E-state index >= 15 is 0 Å². The van der Waals surface area contributed by atoms with Gasteiger partial charge in [0.05, 0.1) is 11.4 Å². The molecular weight excluding hydrogens is 428 g/mol. The monoisotopic (exact) mass is 454 g/mol. The Morgan fingerprint density at radius 1 is 0.600 bits per heavy atom.